The van der Waals surface area contributed by atoms with Crippen LogP contribution in [0.1, 0.15) is 33.4 Å². The van der Waals surface area contributed by atoms with Gasteiger partial charge in [-0.3, -0.25) is 0 Å². The zero-order valence-electron chi connectivity index (χ0n) is 53.5. The van der Waals surface area contributed by atoms with Crippen molar-refractivity contribution >= 4 is 87.2 Å². The van der Waals surface area contributed by atoms with Crippen LogP contribution in [0.5, 0.6) is 0 Å². The van der Waals surface area contributed by atoms with Crippen LogP contribution in [-0.4, -0.2) is 18.3 Å². The van der Waals surface area contributed by atoms with Crippen molar-refractivity contribution in [3.05, 3.63) is 325 Å². The summed E-state index contributed by atoms with van der Waals surface area (Å²) in [6.45, 7) is 13.3. The molecule has 0 bridgehead atoms. The van der Waals surface area contributed by atoms with Gasteiger partial charge in [-0.05, 0) is 254 Å². The van der Waals surface area contributed by atoms with Gasteiger partial charge in [0.05, 0.1) is 44.1 Å². The zero-order chi connectivity index (χ0) is 63.0. The third kappa shape index (κ3) is 8.74. The molecule has 0 saturated carbocycles. The van der Waals surface area contributed by atoms with E-state index in [-0.39, 0.29) is 0 Å². The van der Waals surface area contributed by atoms with E-state index >= 15 is 0 Å². The van der Waals surface area contributed by atoms with Gasteiger partial charge in [0.1, 0.15) is 0 Å². The predicted molar refractivity (Wildman–Crippen MR) is 399 cm³/mol. The molecular formula is C90H66N4. The molecule has 0 aliphatic heterocycles. The maximum atomic E-state index is 2.48. The van der Waals surface area contributed by atoms with Crippen molar-refractivity contribution in [2.75, 3.05) is 0 Å². The highest BCUT2D eigenvalue weighted by Crippen LogP contribution is 2.47. The number of fused-ring (bicyclic) bond motifs is 12. The van der Waals surface area contributed by atoms with E-state index in [1.165, 1.54) is 165 Å². The van der Waals surface area contributed by atoms with E-state index in [1.807, 2.05) is 0 Å². The number of hydrogen-bond donors (Lipinski definition) is 0. The van der Waals surface area contributed by atoms with Crippen LogP contribution in [0.25, 0.3) is 166 Å². The van der Waals surface area contributed by atoms with Crippen LogP contribution in [0.15, 0.2) is 291 Å². The van der Waals surface area contributed by atoms with E-state index in [0.29, 0.717) is 0 Å². The van der Waals surface area contributed by atoms with Crippen LogP contribution < -0.4 is 0 Å². The molecule has 0 N–H and O–H groups in total. The quantitative estimate of drug-likeness (QED) is 0.137. The molecule has 0 radical (unpaired) electrons. The van der Waals surface area contributed by atoms with Crippen LogP contribution >= 0.6 is 0 Å². The molecule has 0 spiro atoms. The fraction of sp³-hybridized carbons (Fsp3) is 0.0667. The lowest BCUT2D eigenvalue weighted by Gasteiger charge is -2.20. The molecular weight excluding hydrogens is 1140 g/mol. The fourth-order valence-corrected chi connectivity index (χ4v) is 15.4. The summed E-state index contributed by atoms with van der Waals surface area (Å²) in [5.41, 5.74) is 33.4. The number of rotatable bonds is 9. The van der Waals surface area contributed by atoms with Gasteiger partial charge in [-0.2, -0.15) is 0 Å². The van der Waals surface area contributed by atoms with Crippen LogP contribution in [0, 0.1) is 41.5 Å². The summed E-state index contributed by atoms with van der Waals surface area (Å²) in [4.78, 5) is 0. The standard InChI is InChI=1S/C90H66N4/c1-55-23-35-67(36-24-55)91-83-19-11-7-15-71(83)79-47-61(31-43-87(79)91)75-51-65(52-76(59(75)5)62-32-44-88-80(48-62)72-16-8-12-20-84(72)92(88)68-37-25-56(2)26-38-68)66-53-77(63-33-45-89-81(49-63)73-17-9-13-21-85(73)93(89)69-39-27-57(3)28-40-69)60(6)78(54-66)64-34-46-90-82(50-64)74-18-10-14-22-86(74)94(90)70-41-29-58(4)30-42-70/h7-54H,1-6H3. The van der Waals surface area contributed by atoms with Gasteiger partial charge in [0, 0.05) is 65.8 Å². The van der Waals surface area contributed by atoms with Gasteiger partial charge in [-0.1, -0.05) is 168 Å². The highest BCUT2D eigenvalue weighted by atomic mass is 15.0. The number of para-hydroxylation sites is 4. The summed E-state index contributed by atoms with van der Waals surface area (Å²) in [5.74, 6) is 0. The lowest BCUT2D eigenvalue weighted by atomic mass is 9.84. The van der Waals surface area contributed by atoms with Crippen molar-refractivity contribution in [2.24, 2.45) is 0 Å². The molecule has 18 aromatic rings. The van der Waals surface area contributed by atoms with E-state index < -0.39 is 0 Å². The van der Waals surface area contributed by atoms with Gasteiger partial charge in [-0.15, -0.1) is 0 Å². The van der Waals surface area contributed by atoms with E-state index in [4.69, 9.17) is 0 Å². The first-order chi connectivity index (χ1) is 46.1. The van der Waals surface area contributed by atoms with Crippen molar-refractivity contribution < 1.29 is 0 Å². The molecule has 18 rings (SSSR count). The van der Waals surface area contributed by atoms with Gasteiger partial charge in [0.2, 0.25) is 0 Å². The summed E-state index contributed by atoms with van der Waals surface area (Å²) in [7, 11) is 0. The smallest absolute Gasteiger partial charge is 0.0541 e. The molecule has 4 nitrogen and oxygen atoms in total. The molecule has 0 aliphatic carbocycles. The topological polar surface area (TPSA) is 19.7 Å². The lowest BCUT2D eigenvalue weighted by molar-refractivity contribution is 1.17. The van der Waals surface area contributed by atoms with Crippen LogP contribution in [0.4, 0.5) is 0 Å². The van der Waals surface area contributed by atoms with Crippen LogP contribution in [0.2, 0.25) is 0 Å². The minimum absolute atomic E-state index is 1.15. The Morgan fingerprint density at radius 2 is 0.372 bits per heavy atom. The molecule has 0 amide bonds. The first-order valence-electron chi connectivity index (χ1n) is 32.8. The van der Waals surface area contributed by atoms with E-state index in [9.17, 15) is 0 Å². The third-order valence-corrected chi connectivity index (χ3v) is 20.3. The zero-order valence-corrected chi connectivity index (χ0v) is 53.5. The number of nitrogens with zero attached hydrogens (tertiary/aromatic N) is 4. The van der Waals surface area contributed by atoms with Crippen molar-refractivity contribution in [3.8, 4) is 78.4 Å². The highest BCUT2D eigenvalue weighted by molar-refractivity contribution is 6.15. The minimum Gasteiger partial charge on any atom is -0.309 e. The Labute approximate surface area is 546 Å². The van der Waals surface area contributed by atoms with E-state index in [1.54, 1.807) is 0 Å². The van der Waals surface area contributed by atoms with Gasteiger partial charge in [0.15, 0.2) is 0 Å². The Balaban J connectivity index is 0.899. The molecule has 0 aliphatic rings. The first-order valence-corrected chi connectivity index (χ1v) is 32.8. The number of aromatic nitrogens is 4. The average Bonchev–Trinajstić information content (AvgIpc) is 1.53. The highest BCUT2D eigenvalue weighted by Gasteiger charge is 2.23. The second kappa shape index (κ2) is 21.4. The average molecular weight is 1200 g/mol. The molecule has 4 heteroatoms. The Morgan fingerprint density at radius 3 is 0.596 bits per heavy atom. The molecule has 446 valence electrons. The summed E-state index contributed by atoms with van der Waals surface area (Å²) in [6.07, 6.45) is 0. The monoisotopic (exact) mass is 1200 g/mol. The minimum atomic E-state index is 1.15. The van der Waals surface area contributed by atoms with Crippen molar-refractivity contribution in [3.63, 3.8) is 0 Å². The number of hydrogen-bond acceptors (Lipinski definition) is 0. The van der Waals surface area contributed by atoms with Gasteiger partial charge >= 0.3 is 0 Å². The predicted octanol–water partition coefficient (Wildman–Crippen LogP) is 24.3. The number of aryl methyl sites for hydroxylation is 4. The molecule has 0 unspecified atom stereocenters. The second-order valence-electron chi connectivity index (χ2n) is 26.1. The van der Waals surface area contributed by atoms with Gasteiger partial charge in [-0.25, -0.2) is 0 Å². The second-order valence-corrected chi connectivity index (χ2v) is 26.1. The summed E-state index contributed by atoms with van der Waals surface area (Å²) in [5, 5.41) is 9.83. The Kier molecular flexibility index (Phi) is 12.6. The lowest BCUT2D eigenvalue weighted by Crippen LogP contribution is -1.96. The summed E-state index contributed by atoms with van der Waals surface area (Å²) in [6, 6.07) is 110. The molecule has 0 saturated heterocycles. The van der Waals surface area contributed by atoms with Crippen molar-refractivity contribution in [1.82, 2.24) is 18.3 Å². The summed E-state index contributed by atoms with van der Waals surface area (Å²) < 4.78 is 9.70. The molecule has 94 heavy (non-hydrogen) atoms. The fourth-order valence-electron chi connectivity index (χ4n) is 15.4. The van der Waals surface area contributed by atoms with Crippen molar-refractivity contribution in [1.29, 1.82) is 0 Å². The van der Waals surface area contributed by atoms with E-state index in [0.717, 1.165) is 33.9 Å². The molecule has 0 atom stereocenters. The molecule has 4 heterocycles. The van der Waals surface area contributed by atoms with Crippen molar-refractivity contribution in [2.45, 2.75) is 41.5 Å². The SMILES string of the molecule is Cc1ccc(-n2c3ccccc3c3cc(-c4cc(-c5cc(-c6ccc7c(c6)c6ccccc6n7-c6ccc(C)cc6)c(C)c(-c6ccc7c(c6)c6ccccc6n7-c6ccc(C)cc6)c5)cc(-c5ccc6c(c5)c5ccccc5n6-c5ccc(C)cc5)c4C)ccc32)cc1. The van der Waals surface area contributed by atoms with Gasteiger partial charge < -0.3 is 18.3 Å². The normalized spacial score (nSPS) is 11.9. The molecule has 0 fully saturated rings. The van der Waals surface area contributed by atoms with Crippen LogP contribution in [-0.2, 0) is 0 Å². The van der Waals surface area contributed by atoms with Crippen LogP contribution in [0.3, 0.4) is 0 Å². The maximum absolute atomic E-state index is 2.48. The third-order valence-electron chi connectivity index (χ3n) is 20.3. The first kappa shape index (κ1) is 55.1. The molecule has 14 aromatic carbocycles. The maximum Gasteiger partial charge on any atom is 0.0541 e. The van der Waals surface area contributed by atoms with E-state index in [2.05, 4.69) is 351 Å². The molecule has 4 aromatic heterocycles. The largest absolute Gasteiger partial charge is 0.309 e. The van der Waals surface area contributed by atoms with Gasteiger partial charge in [0.25, 0.3) is 0 Å². The summed E-state index contributed by atoms with van der Waals surface area (Å²) >= 11 is 0. The Bertz CT molecular complexity index is 5370. The Morgan fingerprint density at radius 1 is 0.170 bits per heavy atom. The number of benzene rings is 14. The Hall–Kier alpha value is -11.7.